The Balaban J connectivity index is 0. The summed E-state index contributed by atoms with van der Waals surface area (Å²) in [4.78, 5) is 0. The maximum absolute atomic E-state index is 2.53. The molecule has 0 bridgehead atoms. The first-order valence-corrected chi connectivity index (χ1v) is 15.8. The predicted octanol–water partition coefficient (Wildman–Crippen LogP) is 3.89. The van der Waals surface area contributed by atoms with Gasteiger partial charge in [0, 0.05) is 26.2 Å². The predicted molar refractivity (Wildman–Crippen MR) is 41.9 cm³/mol. The molecule has 0 saturated carbocycles. The normalized spacial score (nSPS) is 9.20. The standard InChI is InChI=1S/C5H11.3CH3.Zn.Zr/c1-3-5-4-2;;;;;/h1,3-5H2,2H3;3*1H3;;. The first-order valence-electron chi connectivity index (χ1n) is 4.83. The van der Waals surface area contributed by atoms with Gasteiger partial charge in [0.15, 0.2) is 0 Å². The van der Waals surface area contributed by atoms with Crippen molar-refractivity contribution in [3.05, 3.63) is 0 Å². The second-order valence-corrected chi connectivity index (χ2v) is 21.9. The van der Waals surface area contributed by atoms with Gasteiger partial charge in [-0.15, -0.1) is 0 Å². The van der Waals surface area contributed by atoms with Gasteiger partial charge in [0.2, 0.25) is 0 Å². The summed E-state index contributed by atoms with van der Waals surface area (Å²) in [6.07, 6.45) is 4.33. The molecule has 0 aromatic carbocycles. The molecule has 0 rings (SSSR count). The molecule has 0 nitrogen and oxygen atoms in total. The molecular formula is C8H20ZnZr. The van der Waals surface area contributed by atoms with E-state index in [2.05, 4.69) is 23.5 Å². The van der Waals surface area contributed by atoms with Crippen LogP contribution in [0, 0.1) is 0 Å². The van der Waals surface area contributed by atoms with E-state index >= 15 is 0 Å². The third-order valence-corrected chi connectivity index (χ3v) is 7.41. The van der Waals surface area contributed by atoms with E-state index in [1.165, 1.54) is 19.3 Å². The van der Waals surface area contributed by atoms with Crippen LogP contribution < -0.4 is 0 Å². The maximum Gasteiger partial charge on any atom is 0 e. The van der Waals surface area contributed by atoms with Gasteiger partial charge in [0.25, 0.3) is 0 Å². The Labute approximate surface area is 88.1 Å². The average molecular weight is 273 g/mol. The monoisotopic (exact) mass is 270 g/mol. The van der Waals surface area contributed by atoms with Gasteiger partial charge in [-0.25, -0.2) is 0 Å². The van der Waals surface area contributed by atoms with Crippen molar-refractivity contribution in [1.82, 2.24) is 0 Å². The van der Waals surface area contributed by atoms with Crippen LogP contribution >= 0.6 is 0 Å². The quantitative estimate of drug-likeness (QED) is 0.538. The summed E-state index contributed by atoms with van der Waals surface area (Å²) in [7, 11) is 0. The van der Waals surface area contributed by atoms with Crippen molar-refractivity contribution < 1.29 is 41.0 Å². The van der Waals surface area contributed by atoms with E-state index in [9.17, 15) is 0 Å². The first-order chi connectivity index (χ1) is 4.06. The Morgan fingerprint density at radius 2 is 1.50 bits per heavy atom. The molecule has 0 amide bonds. The van der Waals surface area contributed by atoms with Crippen LogP contribution in [0.2, 0.25) is 21.6 Å². The Bertz CT molecular complexity index is 66.1. The Hall–Kier alpha value is 1.51. The number of hydrogen-bond acceptors (Lipinski definition) is 0. The molecule has 58 valence electrons. The van der Waals surface area contributed by atoms with Crippen LogP contribution in [0.15, 0.2) is 0 Å². The van der Waals surface area contributed by atoms with Gasteiger partial charge in [0.1, 0.15) is 0 Å². The zero-order valence-electron chi connectivity index (χ0n) is 8.04. The van der Waals surface area contributed by atoms with Crippen LogP contribution in [0.1, 0.15) is 26.2 Å². The van der Waals surface area contributed by atoms with Crippen LogP contribution in [-0.2, 0) is 41.0 Å². The molecule has 0 aromatic heterocycles. The molecule has 0 radical (unpaired) electrons. The molecule has 0 aromatic rings. The van der Waals surface area contributed by atoms with E-state index in [1.807, 2.05) is 0 Å². The van der Waals surface area contributed by atoms with Gasteiger partial charge in [0.05, 0.1) is 0 Å². The fourth-order valence-corrected chi connectivity index (χ4v) is 5.07. The summed E-state index contributed by atoms with van der Waals surface area (Å²) < 4.78 is 0. The Morgan fingerprint density at radius 1 is 1.00 bits per heavy atom. The largest absolute Gasteiger partial charge is 0 e. The number of hydrogen-bond donors (Lipinski definition) is 0. The SMILES string of the molecule is CCCC[CH2][Zn]([CH3])([CH3])[CH3].[Zr]. The zero-order valence-corrected chi connectivity index (χ0v) is 13.5. The van der Waals surface area contributed by atoms with Crippen molar-refractivity contribution in [3.63, 3.8) is 0 Å². The van der Waals surface area contributed by atoms with Gasteiger partial charge >= 0.3 is 62.5 Å². The van der Waals surface area contributed by atoms with Gasteiger partial charge in [-0.3, -0.25) is 0 Å². The van der Waals surface area contributed by atoms with E-state index in [0.29, 0.717) is 0 Å². The van der Waals surface area contributed by atoms with Crippen LogP contribution in [0.25, 0.3) is 0 Å². The van der Waals surface area contributed by atoms with E-state index in [0.717, 1.165) is 0 Å². The number of rotatable bonds is 4. The summed E-state index contributed by atoms with van der Waals surface area (Å²) in [5, 5.41) is 1.59. The molecule has 10 heavy (non-hydrogen) atoms. The van der Waals surface area contributed by atoms with Crippen LogP contribution in [-0.4, -0.2) is 0 Å². The molecule has 0 heterocycles. The minimum atomic E-state index is -1.41. The zero-order chi connectivity index (χ0) is 7.33. The molecule has 0 aliphatic carbocycles. The van der Waals surface area contributed by atoms with Crippen molar-refractivity contribution in [1.29, 1.82) is 0 Å². The van der Waals surface area contributed by atoms with Crippen molar-refractivity contribution in [2.45, 2.75) is 47.8 Å². The van der Waals surface area contributed by atoms with Crippen LogP contribution in [0.4, 0.5) is 0 Å². The van der Waals surface area contributed by atoms with Crippen molar-refractivity contribution >= 4 is 0 Å². The first kappa shape index (κ1) is 14.1. The second kappa shape index (κ2) is 7.17. The van der Waals surface area contributed by atoms with E-state index in [-0.39, 0.29) is 26.2 Å². The van der Waals surface area contributed by atoms with Gasteiger partial charge in [-0.2, -0.15) is 0 Å². The fourth-order valence-electron chi connectivity index (χ4n) is 1.18. The Morgan fingerprint density at radius 3 is 1.80 bits per heavy atom. The summed E-state index contributed by atoms with van der Waals surface area (Å²) in [5.41, 5.74) is 7.58. The summed E-state index contributed by atoms with van der Waals surface area (Å²) in [6, 6.07) is 0. The van der Waals surface area contributed by atoms with Gasteiger partial charge in [-0.05, 0) is 0 Å². The second-order valence-electron chi connectivity index (χ2n) is 5.18. The van der Waals surface area contributed by atoms with Gasteiger partial charge < -0.3 is 0 Å². The molecule has 0 aliphatic rings. The van der Waals surface area contributed by atoms with Crippen molar-refractivity contribution in [2.75, 3.05) is 0 Å². The summed E-state index contributed by atoms with van der Waals surface area (Å²) in [5.74, 6) is 0. The minimum Gasteiger partial charge on any atom is 0 e. The third kappa shape index (κ3) is 12.2. The summed E-state index contributed by atoms with van der Waals surface area (Å²) in [6.45, 7) is 2.28. The molecule has 0 spiro atoms. The minimum absolute atomic E-state index is 0. The van der Waals surface area contributed by atoms with Gasteiger partial charge in [-0.1, -0.05) is 0 Å². The molecule has 0 aliphatic heterocycles. The Kier molecular flexibility index (Phi) is 10.1. The van der Waals surface area contributed by atoms with Crippen molar-refractivity contribution in [2.24, 2.45) is 0 Å². The summed E-state index contributed by atoms with van der Waals surface area (Å²) >= 11 is -1.41. The fraction of sp³-hybridized carbons (Fsp3) is 1.00. The maximum atomic E-state index is 2.53. The number of unbranched alkanes of at least 4 members (excludes halogenated alkanes) is 2. The van der Waals surface area contributed by atoms with Crippen LogP contribution in [0.5, 0.6) is 0 Å². The molecule has 2 heteroatoms. The molecule has 0 fully saturated rings. The third-order valence-electron chi connectivity index (χ3n) is 1.91. The molecule has 0 atom stereocenters. The molecule has 0 unspecified atom stereocenters. The van der Waals surface area contributed by atoms with Crippen molar-refractivity contribution in [3.8, 4) is 0 Å². The topological polar surface area (TPSA) is 0 Å². The van der Waals surface area contributed by atoms with E-state index in [4.69, 9.17) is 0 Å². The smallest absolute Gasteiger partial charge is 0 e. The molecular weight excluding hydrogens is 253 g/mol. The molecule has 0 N–H and O–H groups in total. The van der Waals surface area contributed by atoms with E-state index < -0.39 is 14.8 Å². The molecule has 0 saturated heterocycles. The van der Waals surface area contributed by atoms with E-state index in [1.54, 1.807) is 5.02 Å². The average Bonchev–Trinajstić information content (AvgIpc) is 1.63. The van der Waals surface area contributed by atoms with Crippen LogP contribution in [0.3, 0.4) is 0 Å².